The molecule has 0 spiro atoms. The molecule has 1 atom stereocenters. The topological polar surface area (TPSA) is 49.3 Å². The highest BCUT2D eigenvalue weighted by molar-refractivity contribution is 9.11. The van der Waals surface area contributed by atoms with E-state index in [1.165, 1.54) is 0 Å². The summed E-state index contributed by atoms with van der Waals surface area (Å²) in [6, 6.07) is 3.62. The Hall–Kier alpha value is -0.390. The Kier molecular flexibility index (Phi) is 3.43. The number of nitrogens with one attached hydrogen (secondary N) is 1. The van der Waals surface area contributed by atoms with Crippen molar-refractivity contribution in [3.8, 4) is 0 Å². The van der Waals surface area contributed by atoms with Gasteiger partial charge in [0.2, 0.25) is 0 Å². The first-order valence-corrected chi connectivity index (χ1v) is 6.48. The summed E-state index contributed by atoms with van der Waals surface area (Å²) in [6.07, 6.45) is 2.08. The van der Waals surface area contributed by atoms with Crippen LogP contribution in [0.3, 0.4) is 0 Å². The van der Waals surface area contributed by atoms with E-state index < -0.39 is 5.97 Å². The van der Waals surface area contributed by atoms with Crippen molar-refractivity contribution in [2.24, 2.45) is 5.92 Å². The molecule has 0 bridgehead atoms. The van der Waals surface area contributed by atoms with E-state index in [1.807, 2.05) is 12.1 Å². The maximum absolute atomic E-state index is 10.9. The van der Waals surface area contributed by atoms with E-state index in [2.05, 4.69) is 21.2 Å². The predicted molar refractivity (Wildman–Crippen MR) is 63.0 cm³/mol. The van der Waals surface area contributed by atoms with Gasteiger partial charge >= 0.3 is 5.97 Å². The summed E-state index contributed by atoms with van der Waals surface area (Å²) in [4.78, 5) is 12.1. The number of thiophene rings is 1. The van der Waals surface area contributed by atoms with E-state index in [0.717, 1.165) is 21.5 Å². The van der Waals surface area contributed by atoms with Gasteiger partial charge in [-0.25, -0.2) is 0 Å². The Morgan fingerprint density at radius 2 is 2.40 bits per heavy atom. The molecule has 1 aromatic heterocycles. The van der Waals surface area contributed by atoms with Crippen LogP contribution in [0.25, 0.3) is 0 Å². The lowest BCUT2D eigenvalue weighted by Gasteiger charge is -2.12. The van der Waals surface area contributed by atoms with Gasteiger partial charge in [-0.3, -0.25) is 10.1 Å². The molecule has 2 N–H and O–H groups in total. The van der Waals surface area contributed by atoms with Gasteiger partial charge in [0.25, 0.3) is 0 Å². The highest BCUT2D eigenvalue weighted by atomic mass is 79.9. The van der Waals surface area contributed by atoms with Crippen molar-refractivity contribution in [3.63, 3.8) is 0 Å². The summed E-state index contributed by atoms with van der Waals surface area (Å²) in [5.41, 5.74) is 0. The number of halogens is 1. The van der Waals surface area contributed by atoms with Crippen molar-refractivity contribution in [1.29, 1.82) is 0 Å². The van der Waals surface area contributed by atoms with Crippen LogP contribution in [0.15, 0.2) is 15.9 Å². The summed E-state index contributed by atoms with van der Waals surface area (Å²) >= 11 is 5.02. The highest BCUT2D eigenvalue weighted by Gasteiger charge is 2.35. The summed E-state index contributed by atoms with van der Waals surface area (Å²) < 4.78 is 1.08. The molecule has 0 radical (unpaired) electrons. The molecule has 3 nitrogen and oxygen atoms in total. The molecular formula is C10H12BrNO2S. The van der Waals surface area contributed by atoms with Gasteiger partial charge in [0.1, 0.15) is 6.04 Å². The van der Waals surface area contributed by atoms with Crippen LogP contribution in [0, 0.1) is 5.92 Å². The van der Waals surface area contributed by atoms with E-state index in [1.54, 1.807) is 11.3 Å². The van der Waals surface area contributed by atoms with Crippen LogP contribution in [-0.4, -0.2) is 17.1 Å². The minimum absolute atomic E-state index is 0.339. The summed E-state index contributed by atoms with van der Waals surface area (Å²) in [7, 11) is 0. The van der Waals surface area contributed by atoms with E-state index >= 15 is 0 Å². The van der Waals surface area contributed by atoms with Crippen LogP contribution in [0.1, 0.15) is 17.7 Å². The third kappa shape index (κ3) is 3.03. The number of aliphatic carboxylic acids is 1. The van der Waals surface area contributed by atoms with E-state index in [0.29, 0.717) is 12.5 Å². The maximum atomic E-state index is 10.9. The second-order valence-corrected chi connectivity index (χ2v) is 6.29. The lowest BCUT2D eigenvalue weighted by Crippen LogP contribution is -2.37. The molecule has 0 aromatic carbocycles. The lowest BCUT2D eigenvalue weighted by atomic mass is 10.2. The van der Waals surface area contributed by atoms with Gasteiger partial charge in [-0.1, -0.05) is 0 Å². The Morgan fingerprint density at radius 1 is 1.67 bits per heavy atom. The number of carbonyl (C=O) groups is 1. The molecule has 82 valence electrons. The first-order chi connectivity index (χ1) is 7.16. The number of rotatable bonds is 5. The van der Waals surface area contributed by atoms with Crippen LogP contribution >= 0.6 is 27.3 Å². The van der Waals surface area contributed by atoms with Gasteiger partial charge in [-0.2, -0.15) is 0 Å². The van der Waals surface area contributed by atoms with Crippen molar-refractivity contribution in [1.82, 2.24) is 5.32 Å². The van der Waals surface area contributed by atoms with Crippen molar-refractivity contribution < 1.29 is 9.90 Å². The molecule has 2 rings (SSSR count). The van der Waals surface area contributed by atoms with E-state index in [4.69, 9.17) is 5.11 Å². The van der Waals surface area contributed by atoms with Crippen molar-refractivity contribution in [3.05, 3.63) is 20.8 Å². The van der Waals surface area contributed by atoms with Crippen molar-refractivity contribution in [2.45, 2.75) is 25.4 Å². The Morgan fingerprint density at radius 3 is 2.87 bits per heavy atom. The van der Waals surface area contributed by atoms with Crippen LogP contribution in [0.5, 0.6) is 0 Å². The van der Waals surface area contributed by atoms with Gasteiger partial charge < -0.3 is 5.11 Å². The molecule has 1 aliphatic carbocycles. The first-order valence-electron chi connectivity index (χ1n) is 4.87. The van der Waals surface area contributed by atoms with Gasteiger partial charge in [0.15, 0.2) is 0 Å². The summed E-state index contributed by atoms with van der Waals surface area (Å²) in [6.45, 7) is 0.643. The monoisotopic (exact) mass is 289 g/mol. The molecule has 15 heavy (non-hydrogen) atoms. The number of hydrogen-bond donors (Lipinski definition) is 2. The standard InChI is InChI=1S/C10H12BrNO2S/c11-8-4-3-7(15-8)5-12-9(10(13)14)6-1-2-6/h3-4,6,9,12H,1-2,5H2,(H,13,14). The lowest BCUT2D eigenvalue weighted by molar-refractivity contribution is -0.140. The largest absolute Gasteiger partial charge is 0.480 e. The van der Waals surface area contributed by atoms with Crippen LogP contribution in [-0.2, 0) is 11.3 Å². The van der Waals surface area contributed by atoms with E-state index in [-0.39, 0.29) is 6.04 Å². The molecular weight excluding hydrogens is 278 g/mol. The van der Waals surface area contributed by atoms with Crippen LogP contribution in [0.4, 0.5) is 0 Å². The van der Waals surface area contributed by atoms with Gasteiger partial charge in [-0.05, 0) is 46.8 Å². The van der Waals surface area contributed by atoms with Gasteiger partial charge in [0.05, 0.1) is 3.79 Å². The van der Waals surface area contributed by atoms with Crippen molar-refractivity contribution >= 4 is 33.2 Å². The van der Waals surface area contributed by atoms with Crippen LogP contribution < -0.4 is 5.32 Å². The second kappa shape index (κ2) is 4.63. The summed E-state index contributed by atoms with van der Waals surface area (Å²) in [5, 5.41) is 12.1. The quantitative estimate of drug-likeness (QED) is 0.876. The van der Waals surface area contributed by atoms with Gasteiger partial charge in [-0.15, -0.1) is 11.3 Å². The number of carboxylic acids is 1. The molecule has 1 saturated carbocycles. The Bertz CT molecular complexity index is 362. The Labute approximate surface area is 101 Å². The second-order valence-electron chi connectivity index (χ2n) is 3.74. The molecule has 0 amide bonds. The molecule has 1 unspecified atom stereocenters. The van der Waals surface area contributed by atoms with Gasteiger partial charge in [0, 0.05) is 11.4 Å². The zero-order valence-corrected chi connectivity index (χ0v) is 10.5. The zero-order chi connectivity index (χ0) is 10.8. The minimum atomic E-state index is -0.729. The molecule has 1 heterocycles. The highest BCUT2D eigenvalue weighted by Crippen LogP contribution is 2.33. The maximum Gasteiger partial charge on any atom is 0.320 e. The SMILES string of the molecule is O=C(O)C(NCc1ccc(Br)s1)C1CC1. The third-order valence-electron chi connectivity index (χ3n) is 2.48. The fourth-order valence-corrected chi connectivity index (χ4v) is 2.98. The fourth-order valence-electron chi connectivity index (χ4n) is 1.54. The average molecular weight is 290 g/mol. The molecule has 1 fully saturated rings. The summed E-state index contributed by atoms with van der Waals surface area (Å²) in [5.74, 6) is -0.390. The smallest absolute Gasteiger partial charge is 0.320 e. The predicted octanol–water partition coefficient (Wildman–Crippen LogP) is 2.46. The molecule has 0 aliphatic heterocycles. The normalized spacial score (nSPS) is 17.7. The van der Waals surface area contributed by atoms with Crippen LogP contribution in [0.2, 0.25) is 0 Å². The Balaban J connectivity index is 1.87. The zero-order valence-electron chi connectivity index (χ0n) is 8.07. The number of hydrogen-bond acceptors (Lipinski definition) is 3. The average Bonchev–Trinajstić information content (AvgIpc) is 2.90. The molecule has 5 heteroatoms. The molecule has 1 aliphatic rings. The first kappa shape index (κ1) is 11.1. The third-order valence-corrected chi connectivity index (χ3v) is 4.11. The van der Waals surface area contributed by atoms with Crippen molar-refractivity contribution in [2.75, 3.05) is 0 Å². The minimum Gasteiger partial charge on any atom is -0.480 e. The van der Waals surface area contributed by atoms with E-state index in [9.17, 15) is 4.79 Å². The molecule has 0 saturated heterocycles. The fraction of sp³-hybridized carbons (Fsp3) is 0.500. The molecule has 1 aromatic rings. The number of carboxylic acid groups (broad SMARTS) is 1.